The lowest BCUT2D eigenvalue weighted by molar-refractivity contribution is -0.114. The third-order valence-corrected chi connectivity index (χ3v) is 5.84. The van der Waals surface area contributed by atoms with Crippen molar-refractivity contribution in [2.45, 2.75) is 25.7 Å². The molecule has 2 aromatic rings. The molecule has 0 spiro atoms. The number of benzene rings is 1. The van der Waals surface area contributed by atoms with Gasteiger partial charge in [-0.15, -0.1) is 11.3 Å². The first kappa shape index (κ1) is 18.2. The average molecular weight is 366 g/mol. The number of ether oxygens (including phenoxy) is 1. The van der Waals surface area contributed by atoms with E-state index in [4.69, 9.17) is 4.74 Å². The van der Waals surface area contributed by atoms with Crippen molar-refractivity contribution in [2.24, 2.45) is 0 Å². The topological polar surface area (TPSA) is 85.4 Å². The van der Waals surface area contributed by atoms with Crippen LogP contribution in [0.4, 0.5) is 0 Å². The maximum atomic E-state index is 12.4. The maximum Gasteiger partial charge on any atom is 0.264 e. The minimum Gasteiger partial charge on any atom is -0.496 e. The van der Waals surface area contributed by atoms with Crippen molar-refractivity contribution in [3.05, 3.63) is 45.4 Å². The fraction of sp³-hybridized carbons (Fsp3) is 0.250. The molecule has 1 heterocycles. The van der Waals surface area contributed by atoms with Crippen molar-refractivity contribution in [3.63, 3.8) is 0 Å². The largest absolute Gasteiger partial charge is 0.496 e. The average Bonchev–Trinajstić information content (AvgIpc) is 2.93. The molecule has 0 aliphatic carbocycles. The molecular weight excluding hydrogens is 348 g/mol. The second-order valence-corrected chi connectivity index (χ2v) is 8.02. The van der Waals surface area contributed by atoms with Gasteiger partial charge < -0.3 is 4.74 Å². The van der Waals surface area contributed by atoms with Gasteiger partial charge in [0.2, 0.25) is 0 Å². The van der Waals surface area contributed by atoms with E-state index in [9.17, 15) is 13.2 Å². The summed E-state index contributed by atoms with van der Waals surface area (Å²) in [6.45, 7) is 5.29. The van der Waals surface area contributed by atoms with Crippen LogP contribution >= 0.6 is 11.3 Å². The Bertz CT molecular complexity index is 899. The zero-order chi connectivity index (χ0) is 17.9. The van der Waals surface area contributed by atoms with Gasteiger partial charge in [-0.3, -0.25) is 4.79 Å². The molecule has 24 heavy (non-hydrogen) atoms. The van der Waals surface area contributed by atoms with Gasteiger partial charge in [0.05, 0.1) is 17.0 Å². The number of hydrogen-bond acceptors (Lipinski definition) is 6. The number of rotatable bonds is 5. The molecule has 1 aromatic heterocycles. The van der Waals surface area contributed by atoms with Crippen molar-refractivity contribution in [2.75, 3.05) is 7.11 Å². The molecule has 8 heteroatoms. The lowest BCUT2D eigenvalue weighted by atomic mass is 10.1. The normalized spacial score (nSPS) is 11.7. The van der Waals surface area contributed by atoms with Crippen molar-refractivity contribution < 1.29 is 17.9 Å². The van der Waals surface area contributed by atoms with Crippen molar-refractivity contribution in [1.29, 1.82) is 0 Å². The van der Waals surface area contributed by atoms with Crippen LogP contribution in [0.3, 0.4) is 0 Å². The van der Waals surface area contributed by atoms with Crippen LogP contribution < -0.4 is 9.46 Å². The van der Waals surface area contributed by atoms with Crippen LogP contribution in [0.2, 0.25) is 0 Å². The molecule has 128 valence electrons. The first-order valence-electron chi connectivity index (χ1n) is 7.06. The van der Waals surface area contributed by atoms with E-state index in [1.165, 1.54) is 36.7 Å². The molecule has 0 bridgehead atoms. The number of aromatic nitrogens is 1. The number of methoxy groups -OCH3 is 1. The van der Waals surface area contributed by atoms with E-state index in [1.807, 2.05) is 11.6 Å². The van der Waals surface area contributed by atoms with Gasteiger partial charge in [0.1, 0.15) is 5.75 Å². The Labute approximate surface area is 145 Å². The molecule has 0 aliphatic rings. The molecule has 0 fully saturated rings. The summed E-state index contributed by atoms with van der Waals surface area (Å²) in [4.78, 5) is 16.8. The summed E-state index contributed by atoms with van der Waals surface area (Å²) in [5.41, 5.74) is 1.25. The number of hydrogen-bond donors (Lipinski definition) is 1. The first-order valence-corrected chi connectivity index (χ1v) is 9.36. The fourth-order valence-electron chi connectivity index (χ4n) is 2.12. The number of amides is 1. The van der Waals surface area contributed by atoms with Gasteiger partial charge in [-0.1, -0.05) is 0 Å². The molecule has 0 unspecified atom stereocenters. The SMILES string of the molecule is COc1ccc(S(=O)(=O)NC(=O)C=Cc2cnc(C)s2)c(C)c1C. The second kappa shape index (κ2) is 7.14. The van der Waals surface area contributed by atoms with Crippen molar-refractivity contribution in [1.82, 2.24) is 9.71 Å². The molecule has 6 nitrogen and oxygen atoms in total. The molecule has 0 atom stereocenters. The van der Waals surface area contributed by atoms with Crippen LogP contribution in [-0.2, 0) is 14.8 Å². The van der Waals surface area contributed by atoms with Crippen molar-refractivity contribution >= 4 is 33.3 Å². The fourth-order valence-corrected chi connectivity index (χ4v) is 4.05. The number of nitrogens with one attached hydrogen (secondary N) is 1. The van der Waals surface area contributed by atoms with Gasteiger partial charge in [0.25, 0.3) is 15.9 Å². The number of nitrogens with zero attached hydrogens (tertiary/aromatic N) is 1. The first-order chi connectivity index (χ1) is 11.2. The molecular formula is C16H18N2O4S2. The van der Waals surface area contributed by atoms with Gasteiger partial charge >= 0.3 is 0 Å². The Morgan fingerprint density at radius 2 is 1.96 bits per heavy atom. The Balaban J connectivity index is 2.20. The maximum absolute atomic E-state index is 12.4. The van der Waals surface area contributed by atoms with Gasteiger partial charge in [-0.2, -0.15) is 0 Å². The lowest BCUT2D eigenvalue weighted by Crippen LogP contribution is -2.29. The van der Waals surface area contributed by atoms with Crippen LogP contribution in [0.25, 0.3) is 6.08 Å². The number of carbonyl (C=O) groups is 1. The molecule has 0 radical (unpaired) electrons. The number of carbonyl (C=O) groups excluding carboxylic acids is 1. The highest BCUT2D eigenvalue weighted by Gasteiger charge is 2.21. The highest BCUT2D eigenvalue weighted by atomic mass is 32.2. The van der Waals surface area contributed by atoms with Crippen LogP contribution in [0.15, 0.2) is 29.3 Å². The van der Waals surface area contributed by atoms with Crippen LogP contribution in [-0.4, -0.2) is 26.4 Å². The Morgan fingerprint density at radius 1 is 1.25 bits per heavy atom. The van der Waals surface area contributed by atoms with E-state index >= 15 is 0 Å². The third kappa shape index (κ3) is 4.01. The Morgan fingerprint density at radius 3 is 2.54 bits per heavy atom. The summed E-state index contributed by atoms with van der Waals surface area (Å²) in [5.74, 6) is -0.118. The Hall–Kier alpha value is -2.19. The van der Waals surface area contributed by atoms with Crippen LogP contribution in [0, 0.1) is 20.8 Å². The van der Waals surface area contributed by atoms with E-state index in [0.717, 1.165) is 9.88 Å². The van der Waals surface area contributed by atoms with Crippen molar-refractivity contribution in [3.8, 4) is 5.75 Å². The summed E-state index contributed by atoms with van der Waals surface area (Å²) in [6.07, 6.45) is 4.33. The highest BCUT2D eigenvalue weighted by molar-refractivity contribution is 7.90. The summed E-state index contributed by atoms with van der Waals surface area (Å²) >= 11 is 1.41. The number of thiazole rings is 1. The summed E-state index contributed by atoms with van der Waals surface area (Å²) in [6, 6.07) is 2.99. The van der Waals surface area contributed by atoms with Gasteiger partial charge in [-0.25, -0.2) is 18.1 Å². The smallest absolute Gasteiger partial charge is 0.264 e. The molecule has 2 rings (SSSR count). The van der Waals surface area contributed by atoms with E-state index in [0.29, 0.717) is 16.9 Å². The third-order valence-electron chi connectivity index (χ3n) is 3.47. The summed E-state index contributed by atoms with van der Waals surface area (Å²) in [7, 11) is -2.44. The lowest BCUT2D eigenvalue weighted by Gasteiger charge is -2.13. The number of aryl methyl sites for hydroxylation is 1. The Kier molecular flexibility index (Phi) is 5.40. The molecule has 0 saturated heterocycles. The molecule has 0 aliphatic heterocycles. The monoisotopic (exact) mass is 366 g/mol. The standard InChI is InChI=1S/C16H18N2O4S2/c1-10-11(2)15(7-6-14(10)22-4)24(20,21)18-16(19)8-5-13-9-17-12(3)23-13/h5-9H,1-4H3,(H,18,19). The molecule has 0 saturated carbocycles. The van der Waals surface area contributed by atoms with Gasteiger partial charge in [0.15, 0.2) is 0 Å². The van der Waals surface area contributed by atoms with E-state index in [-0.39, 0.29) is 4.90 Å². The van der Waals surface area contributed by atoms with E-state index in [2.05, 4.69) is 4.98 Å². The minimum absolute atomic E-state index is 0.0520. The quantitative estimate of drug-likeness (QED) is 0.822. The number of sulfonamides is 1. The van der Waals surface area contributed by atoms with E-state index < -0.39 is 15.9 Å². The summed E-state index contributed by atoms with van der Waals surface area (Å²) < 4.78 is 32.0. The predicted molar refractivity (Wildman–Crippen MR) is 93.7 cm³/mol. The summed E-state index contributed by atoms with van der Waals surface area (Å²) in [5, 5.41) is 0.868. The van der Waals surface area contributed by atoms with Crippen LogP contribution in [0.5, 0.6) is 5.75 Å². The second-order valence-electron chi connectivity index (χ2n) is 5.10. The van der Waals surface area contributed by atoms with E-state index in [1.54, 1.807) is 26.1 Å². The molecule has 1 N–H and O–H groups in total. The van der Waals surface area contributed by atoms with Crippen LogP contribution in [0.1, 0.15) is 21.0 Å². The highest BCUT2D eigenvalue weighted by Crippen LogP contribution is 2.26. The van der Waals surface area contributed by atoms with Gasteiger partial charge in [-0.05, 0) is 50.1 Å². The zero-order valence-corrected chi connectivity index (χ0v) is 15.4. The molecule has 1 aromatic carbocycles. The minimum atomic E-state index is -3.96. The molecule has 1 amide bonds. The van der Waals surface area contributed by atoms with Gasteiger partial charge in [0, 0.05) is 17.2 Å². The zero-order valence-electron chi connectivity index (χ0n) is 13.8. The predicted octanol–water partition coefficient (Wildman–Crippen LogP) is 2.60.